The van der Waals surface area contributed by atoms with Crippen LogP contribution in [0, 0.1) is 0 Å². The summed E-state index contributed by atoms with van der Waals surface area (Å²) in [4.78, 5) is 35.6. The van der Waals surface area contributed by atoms with Crippen LogP contribution in [0.15, 0.2) is 54.3 Å². The van der Waals surface area contributed by atoms with Crippen molar-refractivity contribution in [2.45, 2.75) is 37.1 Å². The number of phenols is 1. The number of aliphatic hydroxyl groups is 3. The number of benzene rings is 3. The number of Topliss-reactive ketones (excluding diaryl/α,β-unsaturated/α-hetero) is 1. The predicted octanol–water partition coefficient (Wildman–Crippen LogP) is 1.60. The number of ketones is 1. The van der Waals surface area contributed by atoms with Gasteiger partial charge in [-0.1, -0.05) is 36.4 Å². The Morgan fingerprint density at radius 3 is 2.34 bits per heavy atom. The number of carbonyl (C=O) groups excluding carboxylic acids is 2. The van der Waals surface area contributed by atoms with Crippen molar-refractivity contribution in [3.8, 4) is 22.6 Å². The van der Waals surface area contributed by atoms with Crippen LogP contribution >= 0.6 is 0 Å². The van der Waals surface area contributed by atoms with Gasteiger partial charge in [0.2, 0.25) is 12.1 Å². The molecule has 0 radical (unpaired) electrons. The summed E-state index contributed by atoms with van der Waals surface area (Å²) in [6.45, 7) is -0.652. The quantitative estimate of drug-likeness (QED) is 0.196. The first-order valence-corrected chi connectivity index (χ1v) is 12.5. The lowest BCUT2D eigenvalue weighted by Gasteiger charge is -2.40. The Balaban J connectivity index is 1.58. The Hall–Kier alpha value is -4.49. The molecule has 41 heavy (non-hydrogen) atoms. The third-order valence-corrected chi connectivity index (χ3v) is 6.91. The van der Waals surface area contributed by atoms with E-state index in [1.54, 1.807) is 24.3 Å². The number of methoxy groups -OCH3 is 1. The van der Waals surface area contributed by atoms with E-state index >= 15 is 0 Å². The van der Waals surface area contributed by atoms with Crippen LogP contribution < -0.4 is 4.74 Å². The predicted molar refractivity (Wildman–Crippen MR) is 141 cm³/mol. The van der Waals surface area contributed by atoms with E-state index in [2.05, 4.69) is 0 Å². The van der Waals surface area contributed by atoms with Crippen molar-refractivity contribution in [1.29, 1.82) is 0 Å². The smallest absolute Gasteiger partial charge is 0.317 e. The van der Waals surface area contributed by atoms with Crippen LogP contribution in [0.2, 0.25) is 0 Å². The van der Waals surface area contributed by atoms with Gasteiger partial charge in [-0.25, -0.2) is 0 Å². The molecule has 12 heteroatoms. The number of aromatic hydroxyl groups is 1. The normalized spacial score (nSPS) is 23.6. The molecular weight excluding hydrogens is 540 g/mol. The highest BCUT2D eigenvalue weighted by Crippen LogP contribution is 2.47. The van der Waals surface area contributed by atoms with Crippen LogP contribution in [0.4, 0.5) is 0 Å². The molecule has 1 aliphatic carbocycles. The van der Waals surface area contributed by atoms with E-state index in [-0.39, 0.29) is 22.8 Å². The van der Waals surface area contributed by atoms with Gasteiger partial charge in [-0.3, -0.25) is 14.4 Å². The maximum absolute atomic E-state index is 13.1. The summed E-state index contributed by atoms with van der Waals surface area (Å²) in [5.74, 6) is -3.41. The zero-order chi connectivity index (χ0) is 29.4. The number of phenolic OH excluding ortho intramolecular Hbond substituents is 1. The Bertz CT molecular complexity index is 1550. The summed E-state index contributed by atoms with van der Waals surface area (Å²) in [5, 5.41) is 52.2. The molecule has 214 valence electrons. The standard InChI is InChI=1S/C29H26O12/c1-38-18-10-14-9-17(30)28(23-15(13-5-3-2-4-6-13)7-8-16(22(14)23)24(18)34)41-29-27(37)26(36)25(35)19(40-29)12-39-21(33)11-20(31)32/h2-10,19,25-27,29-30,35-37H,11-12H2,1H3,(H,31,32). The third kappa shape index (κ3) is 5.21. The first kappa shape index (κ1) is 28.1. The number of allylic oxidation sites excluding steroid dienone is 1. The molecule has 1 aliphatic heterocycles. The number of hydrogen-bond acceptors (Lipinski definition) is 11. The van der Waals surface area contributed by atoms with Gasteiger partial charge in [0, 0.05) is 16.3 Å². The SMILES string of the molecule is COC1=Cc2cc(O)c(OC3OC(COC(=O)CC(=O)O)C(O)C(O)C3O)c3c(-c4ccccc4)ccc(c23)C1=O. The summed E-state index contributed by atoms with van der Waals surface area (Å²) < 4.78 is 21.7. The van der Waals surface area contributed by atoms with Gasteiger partial charge in [0.05, 0.1) is 7.11 Å². The number of aliphatic hydroxyl groups excluding tert-OH is 3. The van der Waals surface area contributed by atoms with Crippen LogP contribution in [-0.2, 0) is 23.8 Å². The molecule has 12 nitrogen and oxygen atoms in total. The zero-order valence-electron chi connectivity index (χ0n) is 21.6. The van der Waals surface area contributed by atoms with Crippen molar-refractivity contribution in [1.82, 2.24) is 0 Å². The average molecular weight is 567 g/mol. The second kappa shape index (κ2) is 11.2. The van der Waals surface area contributed by atoms with E-state index in [0.717, 1.165) is 5.56 Å². The molecule has 0 amide bonds. The molecule has 0 spiro atoms. The van der Waals surface area contributed by atoms with E-state index in [0.29, 0.717) is 21.9 Å². The number of carboxylic acid groups (broad SMARTS) is 1. The number of esters is 1. The van der Waals surface area contributed by atoms with Crippen LogP contribution in [-0.4, -0.2) is 87.7 Å². The molecule has 1 saturated heterocycles. The highest BCUT2D eigenvalue weighted by Gasteiger charge is 2.46. The lowest BCUT2D eigenvalue weighted by molar-refractivity contribution is -0.278. The number of ether oxygens (including phenoxy) is 4. The molecule has 5 atom stereocenters. The van der Waals surface area contributed by atoms with Gasteiger partial charge < -0.3 is 44.5 Å². The number of carboxylic acids is 1. The molecule has 0 bridgehead atoms. The van der Waals surface area contributed by atoms with Gasteiger partial charge in [0.15, 0.2) is 17.3 Å². The van der Waals surface area contributed by atoms with Gasteiger partial charge in [0.25, 0.3) is 0 Å². The van der Waals surface area contributed by atoms with Crippen LogP contribution in [0.5, 0.6) is 11.5 Å². The fourth-order valence-corrected chi connectivity index (χ4v) is 4.94. The van der Waals surface area contributed by atoms with E-state index in [9.17, 15) is 34.8 Å². The third-order valence-electron chi connectivity index (χ3n) is 6.91. The summed E-state index contributed by atoms with van der Waals surface area (Å²) in [5.41, 5.74) is 2.04. The first-order valence-electron chi connectivity index (χ1n) is 12.5. The van der Waals surface area contributed by atoms with Crippen molar-refractivity contribution in [3.63, 3.8) is 0 Å². The minimum Gasteiger partial charge on any atom is -0.504 e. The number of aliphatic carboxylic acids is 1. The lowest BCUT2D eigenvalue weighted by atomic mass is 9.86. The van der Waals surface area contributed by atoms with Crippen LogP contribution in [0.25, 0.3) is 28.0 Å². The summed E-state index contributed by atoms with van der Waals surface area (Å²) in [7, 11) is 1.36. The molecule has 5 N–H and O–H groups in total. The van der Waals surface area contributed by atoms with E-state index in [1.807, 2.05) is 18.2 Å². The summed E-state index contributed by atoms with van der Waals surface area (Å²) >= 11 is 0. The van der Waals surface area contributed by atoms with E-state index < -0.39 is 61.5 Å². The largest absolute Gasteiger partial charge is 0.504 e. The maximum atomic E-state index is 13.1. The monoisotopic (exact) mass is 566 g/mol. The summed E-state index contributed by atoms with van der Waals surface area (Å²) in [6.07, 6.45) is -7.90. The topological polar surface area (TPSA) is 189 Å². The molecule has 3 aromatic carbocycles. The second-order valence-electron chi connectivity index (χ2n) is 9.52. The van der Waals surface area contributed by atoms with Gasteiger partial charge in [0.1, 0.15) is 37.4 Å². The Morgan fingerprint density at radius 1 is 0.951 bits per heavy atom. The van der Waals surface area contributed by atoms with E-state index in [4.69, 9.17) is 24.1 Å². The summed E-state index contributed by atoms with van der Waals surface area (Å²) in [6, 6.07) is 13.7. The molecule has 0 aromatic heterocycles. The molecular formula is C29H26O12. The molecule has 1 heterocycles. The number of rotatable bonds is 8. The fourth-order valence-electron chi connectivity index (χ4n) is 4.94. The number of hydrogen-bond donors (Lipinski definition) is 5. The molecule has 0 saturated carbocycles. The minimum atomic E-state index is -1.82. The highest BCUT2D eigenvalue weighted by molar-refractivity contribution is 6.25. The van der Waals surface area contributed by atoms with Gasteiger partial charge in [-0.2, -0.15) is 0 Å². The van der Waals surface area contributed by atoms with Gasteiger partial charge in [-0.15, -0.1) is 0 Å². The van der Waals surface area contributed by atoms with Crippen molar-refractivity contribution in [2.75, 3.05) is 13.7 Å². The molecule has 1 fully saturated rings. The van der Waals surface area contributed by atoms with Gasteiger partial charge in [-0.05, 0) is 34.9 Å². The van der Waals surface area contributed by atoms with Crippen molar-refractivity contribution in [3.05, 3.63) is 65.4 Å². The van der Waals surface area contributed by atoms with Crippen LogP contribution in [0.1, 0.15) is 22.3 Å². The molecule has 2 aliphatic rings. The first-order chi connectivity index (χ1) is 19.6. The highest BCUT2D eigenvalue weighted by atomic mass is 16.7. The Morgan fingerprint density at radius 2 is 1.66 bits per heavy atom. The van der Waals surface area contributed by atoms with E-state index in [1.165, 1.54) is 19.3 Å². The van der Waals surface area contributed by atoms with Crippen molar-refractivity contribution in [2.24, 2.45) is 0 Å². The Labute approximate surface area is 232 Å². The fraction of sp³-hybridized carbons (Fsp3) is 0.276. The maximum Gasteiger partial charge on any atom is 0.317 e. The van der Waals surface area contributed by atoms with Crippen LogP contribution in [0.3, 0.4) is 0 Å². The average Bonchev–Trinajstić information content (AvgIpc) is 2.95. The lowest BCUT2D eigenvalue weighted by Crippen LogP contribution is -2.60. The minimum absolute atomic E-state index is 0.0720. The van der Waals surface area contributed by atoms with Crippen molar-refractivity contribution < 1.29 is 58.9 Å². The molecule has 5 unspecified atom stereocenters. The molecule has 5 rings (SSSR count). The zero-order valence-corrected chi connectivity index (χ0v) is 21.6. The second-order valence-corrected chi connectivity index (χ2v) is 9.52. The molecule has 3 aromatic rings. The number of carbonyl (C=O) groups is 3. The van der Waals surface area contributed by atoms with Crippen molar-refractivity contribution >= 4 is 34.6 Å². The van der Waals surface area contributed by atoms with Gasteiger partial charge >= 0.3 is 11.9 Å². The Kier molecular flexibility index (Phi) is 7.65.